The molecule has 0 fully saturated rings. The van der Waals surface area contributed by atoms with Gasteiger partial charge < -0.3 is 15.2 Å². The molecular weight excluding hydrogens is 254 g/mol. The Morgan fingerprint density at radius 2 is 2.28 bits per heavy atom. The first kappa shape index (κ1) is 14.5. The van der Waals surface area contributed by atoms with Gasteiger partial charge in [-0.05, 0) is 17.7 Å². The van der Waals surface area contributed by atoms with Crippen LogP contribution < -0.4 is 5.32 Å². The fraction of sp³-hybridized carbons (Fsp3) is 0.308. The number of anilines is 1. The monoisotopic (exact) mass is 269 g/mol. The van der Waals surface area contributed by atoms with Crippen LogP contribution in [0.4, 0.5) is 5.69 Å². The Morgan fingerprint density at radius 3 is 2.94 bits per heavy atom. The summed E-state index contributed by atoms with van der Waals surface area (Å²) in [5.74, 6) is -0.238. The molecule has 1 rings (SSSR count). The molecule has 4 nitrogen and oxygen atoms in total. The van der Waals surface area contributed by atoms with Crippen LogP contribution in [-0.4, -0.2) is 36.7 Å². The van der Waals surface area contributed by atoms with Crippen molar-refractivity contribution < 1.29 is 14.6 Å². The molecule has 18 heavy (non-hydrogen) atoms. The van der Waals surface area contributed by atoms with Crippen LogP contribution in [0.1, 0.15) is 5.56 Å². The highest BCUT2D eigenvalue weighted by molar-refractivity contribution is 6.18. The van der Waals surface area contributed by atoms with Gasteiger partial charge in [0, 0.05) is 18.3 Å². The standard InChI is InChI=1S/C13H16ClNO3/c1-18-13(17)7-6-10-4-2-3-5-12(10)15-9-11(16)8-14/h2-7,11,15-16H,8-9H2,1H3. The highest BCUT2D eigenvalue weighted by atomic mass is 35.5. The fourth-order valence-electron chi connectivity index (χ4n) is 1.31. The third kappa shape index (κ3) is 4.77. The summed E-state index contributed by atoms with van der Waals surface area (Å²) in [7, 11) is 1.33. The molecule has 0 radical (unpaired) electrons. The molecule has 5 heteroatoms. The van der Waals surface area contributed by atoms with Crippen molar-refractivity contribution in [2.75, 3.05) is 24.9 Å². The van der Waals surface area contributed by atoms with Gasteiger partial charge in [-0.1, -0.05) is 18.2 Å². The van der Waals surface area contributed by atoms with Crippen LogP contribution in [0, 0.1) is 0 Å². The number of alkyl halides is 1. The second-order valence-corrected chi connectivity index (χ2v) is 3.94. The third-order valence-corrected chi connectivity index (χ3v) is 2.62. The maximum atomic E-state index is 11.0. The molecule has 0 bridgehead atoms. The highest BCUT2D eigenvalue weighted by Gasteiger charge is 2.03. The molecular formula is C13H16ClNO3. The number of para-hydroxylation sites is 1. The number of aliphatic hydroxyl groups excluding tert-OH is 1. The van der Waals surface area contributed by atoms with E-state index in [0.29, 0.717) is 6.54 Å². The summed E-state index contributed by atoms with van der Waals surface area (Å²) in [6, 6.07) is 7.44. The van der Waals surface area contributed by atoms with Gasteiger partial charge in [-0.2, -0.15) is 0 Å². The molecule has 0 aliphatic rings. The van der Waals surface area contributed by atoms with Gasteiger partial charge in [-0.3, -0.25) is 0 Å². The van der Waals surface area contributed by atoms with E-state index in [1.165, 1.54) is 13.2 Å². The molecule has 0 aliphatic carbocycles. The number of ether oxygens (including phenoxy) is 1. The van der Waals surface area contributed by atoms with Crippen molar-refractivity contribution in [3.05, 3.63) is 35.9 Å². The van der Waals surface area contributed by atoms with E-state index >= 15 is 0 Å². The molecule has 0 aromatic heterocycles. The minimum absolute atomic E-state index is 0.174. The van der Waals surface area contributed by atoms with Gasteiger partial charge in [0.1, 0.15) is 0 Å². The molecule has 1 aromatic carbocycles. The van der Waals surface area contributed by atoms with Crippen LogP contribution in [0.2, 0.25) is 0 Å². The molecule has 0 aliphatic heterocycles. The molecule has 1 atom stereocenters. The smallest absolute Gasteiger partial charge is 0.330 e. The number of carbonyl (C=O) groups excluding carboxylic acids is 1. The van der Waals surface area contributed by atoms with Gasteiger partial charge >= 0.3 is 5.97 Å². The van der Waals surface area contributed by atoms with Crippen molar-refractivity contribution in [3.8, 4) is 0 Å². The Labute approximate surface area is 111 Å². The quantitative estimate of drug-likeness (QED) is 0.470. The Bertz CT molecular complexity index is 420. The van der Waals surface area contributed by atoms with Crippen LogP contribution in [0.15, 0.2) is 30.3 Å². The fourth-order valence-corrected chi connectivity index (χ4v) is 1.42. The summed E-state index contributed by atoms with van der Waals surface area (Å²) >= 11 is 5.51. The van der Waals surface area contributed by atoms with E-state index in [1.54, 1.807) is 6.08 Å². The lowest BCUT2D eigenvalue weighted by Crippen LogP contribution is -2.21. The van der Waals surface area contributed by atoms with Crippen molar-refractivity contribution in [1.29, 1.82) is 0 Å². The number of rotatable bonds is 6. The second kappa shape index (κ2) is 7.74. The average Bonchev–Trinajstić information content (AvgIpc) is 2.42. The minimum atomic E-state index is -0.607. The molecule has 1 aromatic rings. The molecule has 0 amide bonds. The van der Waals surface area contributed by atoms with Crippen LogP contribution >= 0.6 is 11.6 Å². The van der Waals surface area contributed by atoms with E-state index < -0.39 is 12.1 Å². The summed E-state index contributed by atoms with van der Waals surface area (Å²) in [4.78, 5) is 11.0. The first-order valence-corrected chi connectivity index (χ1v) is 6.03. The molecule has 0 heterocycles. The molecule has 98 valence electrons. The highest BCUT2D eigenvalue weighted by Crippen LogP contribution is 2.16. The second-order valence-electron chi connectivity index (χ2n) is 3.63. The normalized spacial score (nSPS) is 12.4. The van der Waals surface area contributed by atoms with Crippen molar-refractivity contribution in [2.24, 2.45) is 0 Å². The van der Waals surface area contributed by atoms with Gasteiger partial charge in [0.25, 0.3) is 0 Å². The van der Waals surface area contributed by atoms with Crippen molar-refractivity contribution >= 4 is 29.3 Å². The SMILES string of the molecule is COC(=O)C=Cc1ccccc1NCC(O)CCl. The van der Waals surface area contributed by atoms with Crippen LogP contribution in [0.25, 0.3) is 6.08 Å². The van der Waals surface area contributed by atoms with E-state index in [1.807, 2.05) is 24.3 Å². The number of aliphatic hydroxyl groups is 1. The molecule has 1 unspecified atom stereocenters. The van der Waals surface area contributed by atoms with Gasteiger partial charge in [0.2, 0.25) is 0 Å². The average molecular weight is 270 g/mol. The number of esters is 1. The zero-order valence-electron chi connectivity index (χ0n) is 10.1. The summed E-state index contributed by atoms with van der Waals surface area (Å²) in [5.41, 5.74) is 1.66. The summed E-state index contributed by atoms with van der Waals surface area (Å²) in [6.45, 7) is 0.354. The van der Waals surface area contributed by atoms with Crippen molar-refractivity contribution in [3.63, 3.8) is 0 Å². The molecule has 0 spiro atoms. The lowest BCUT2D eigenvalue weighted by Gasteiger charge is -2.12. The van der Waals surface area contributed by atoms with Gasteiger partial charge in [0.05, 0.1) is 19.1 Å². The minimum Gasteiger partial charge on any atom is -0.466 e. The number of carbonyl (C=O) groups is 1. The van der Waals surface area contributed by atoms with Crippen molar-refractivity contribution in [2.45, 2.75) is 6.10 Å². The zero-order valence-corrected chi connectivity index (χ0v) is 10.9. The number of benzene rings is 1. The van der Waals surface area contributed by atoms with Crippen LogP contribution in [0.3, 0.4) is 0 Å². The number of hydrogen-bond donors (Lipinski definition) is 2. The zero-order chi connectivity index (χ0) is 13.4. The third-order valence-electron chi connectivity index (χ3n) is 2.27. The molecule has 0 saturated heterocycles. The number of methoxy groups -OCH3 is 1. The van der Waals surface area contributed by atoms with E-state index in [2.05, 4.69) is 10.1 Å². The Hall–Kier alpha value is -1.52. The van der Waals surface area contributed by atoms with E-state index in [0.717, 1.165) is 11.3 Å². The number of hydrogen-bond acceptors (Lipinski definition) is 4. The lowest BCUT2D eigenvalue weighted by atomic mass is 10.1. The van der Waals surface area contributed by atoms with E-state index in [-0.39, 0.29) is 5.88 Å². The predicted octanol–water partition coefficient (Wildman–Crippen LogP) is 1.88. The number of halogens is 1. The van der Waals surface area contributed by atoms with Gasteiger partial charge in [-0.15, -0.1) is 11.6 Å². The first-order valence-electron chi connectivity index (χ1n) is 5.50. The summed E-state index contributed by atoms with van der Waals surface area (Å²) in [5, 5.41) is 12.4. The van der Waals surface area contributed by atoms with Gasteiger partial charge in [-0.25, -0.2) is 4.79 Å². The first-order chi connectivity index (χ1) is 8.67. The Kier molecular flexibility index (Phi) is 6.25. The Balaban J connectivity index is 2.73. The predicted molar refractivity (Wildman–Crippen MR) is 72.7 cm³/mol. The van der Waals surface area contributed by atoms with Gasteiger partial charge in [0.15, 0.2) is 0 Å². The van der Waals surface area contributed by atoms with E-state index in [4.69, 9.17) is 11.6 Å². The van der Waals surface area contributed by atoms with Crippen LogP contribution in [-0.2, 0) is 9.53 Å². The van der Waals surface area contributed by atoms with Crippen LogP contribution in [0.5, 0.6) is 0 Å². The maximum absolute atomic E-state index is 11.0. The topological polar surface area (TPSA) is 58.6 Å². The largest absolute Gasteiger partial charge is 0.466 e. The summed E-state index contributed by atoms with van der Waals surface area (Å²) in [6.07, 6.45) is 2.39. The lowest BCUT2D eigenvalue weighted by molar-refractivity contribution is -0.134. The Morgan fingerprint density at radius 1 is 1.56 bits per heavy atom. The summed E-state index contributed by atoms with van der Waals surface area (Å²) < 4.78 is 4.52. The molecule has 0 saturated carbocycles. The van der Waals surface area contributed by atoms with E-state index in [9.17, 15) is 9.90 Å². The molecule has 2 N–H and O–H groups in total. The number of nitrogens with one attached hydrogen (secondary N) is 1. The maximum Gasteiger partial charge on any atom is 0.330 e. The van der Waals surface area contributed by atoms with Crippen molar-refractivity contribution in [1.82, 2.24) is 0 Å².